The Morgan fingerprint density at radius 2 is 1.81 bits per heavy atom. The third-order valence-corrected chi connectivity index (χ3v) is 5.14. The van der Waals surface area contributed by atoms with Crippen LogP contribution < -0.4 is 0 Å². The smallest absolute Gasteiger partial charge is 0.303 e. The molecule has 1 saturated carbocycles. The number of aliphatic carboxylic acids is 1. The Kier molecular flexibility index (Phi) is 4.29. The van der Waals surface area contributed by atoms with Gasteiger partial charge in [0.2, 0.25) is 0 Å². The molecule has 1 unspecified atom stereocenters. The van der Waals surface area contributed by atoms with E-state index in [1.807, 2.05) is 0 Å². The van der Waals surface area contributed by atoms with Crippen molar-refractivity contribution in [3.05, 3.63) is 35.4 Å². The van der Waals surface area contributed by atoms with E-state index in [1.165, 1.54) is 49.9 Å². The summed E-state index contributed by atoms with van der Waals surface area (Å²) in [5.74, 6) is 0.810. The second-order valence-corrected chi connectivity index (χ2v) is 6.79. The lowest BCUT2D eigenvalue weighted by Gasteiger charge is -2.29. The van der Waals surface area contributed by atoms with Crippen LogP contribution in [0.15, 0.2) is 24.3 Å². The van der Waals surface area contributed by atoms with Gasteiger partial charge in [-0.3, -0.25) is 4.79 Å². The fourth-order valence-corrected chi connectivity index (χ4v) is 3.60. The quantitative estimate of drug-likeness (QED) is 0.901. The highest BCUT2D eigenvalue weighted by Crippen LogP contribution is 2.44. The van der Waals surface area contributed by atoms with Crippen LogP contribution in [0.5, 0.6) is 0 Å². The standard InChI is InChI=1S/C18H25NO2/c1-19-10-8-14(9-11-19)13-2-4-15(5-3-13)17(12-18(20)21)16-6-7-16/h2-5,14,16-17H,6-12H2,1H3,(H,20,21). The number of piperidine rings is 1. The Morgan fingerprint density at radius 1 is 1.19 bits per heavy atom. The summed E-state index contributed by atoms with van der Waals surface area (Å²) in [4.78, 5) is 13.4. The van der Waals surface area contributed by atoms with Crippen molar-refractivity contribution in [3.63, 3.8) is 0 Å². The monoisotopic (exact) mass is 287 g/mol. The van der Waals surface area contributed by atoms with E-state index < -0.39 is 5.97 Å². The van der Waals surface area contributed by atoms with E-state index in [0.29, 0.717) is 11.8 Å². The predicted molar refractivity (Wildman–Crippen MR) is 83.6 cm³/mol. The molecule has 1 saturated heterocycles. The minimum atomic E-state index is -0.675. The van der Waals surface area contributed by atoms with E-state index in [4.69, 9.17) is 5.11 Å². The molecule has 2 aliphatic rings. The van der Waals surface area contributed by atoms with Crippen molar-refractivity contribution < 1.29 is 9.90 Å². The molecular formula is C18H25NO2. The van der Waals surface area contributed by atoms with Crippen molar-refractivity contribution in [2.45, 2.75) is 43.9 Å². The minimum absolute atomic E-state index is 0.217. The largest absolute Gasteiger partial charge is 0.481 e. The maximum absolute atomic E-state index is 11.1. The summed E-state index contributed by atoms with van der Waals surface area (Å²) in [5, 5.41) is 9.10. The topological polar surface area (TPSA) is 40.5 Å². The lowest BCUT2D eigenvalue weighted by atomic mass is 9.86. The van der Waals surface area contributed by atoms with E-state index in [0.717, 1.165) is 0 Å². The summed E-state index contributed by atoms with van der Waals surface area (Å²) in [6.07, 6.45) is 5.12. The van der Waals surface area contributed by atoms with Gasteiger partial charge >= 0.3 is 5.97 Å². The Labute approximate surface area is 127 Å². The van der Waals surface area contributed by atoms with Crippen molar-refractivity contribution in [3.8, 4) is 0 Å². The number of likely N-dealkylation sites (tertiary alicyclic amines) is 1. The summed E-state index contributed by atoms with van der Waals surface area (Å²) in [7, 11) is 2.19. The highest BCUT2D eigenvalue weighted by atomic mass is 16.4. The van der Waals surface area contributed by atoms with Gasteiger partial charge in [0.25, 0.3) is 0 Å². The third-order valence-electron chi connectivity index (χ3n) is 5.14. The fourth-order valence-electron chi connectivity index (χ4n) is 3.60. The molecule has 2 fully saturated rings. The van der Waals surface area contributed by atoms with E-state index in [9.17, 15) is 4.79 Å². The molecule has 0 bridgehead atoms. The van der Waals surface area contributed by atoms with Crippen LogP contribution in [0.3, 0.4) is 0 Å². The Balaban J connectivity index is 1.69. The predicted octanol–water partition coefficient (Wildman–Crippen LogP) is 3.46. The van der Waals surface area contributed by atoms with Crippen molar-refractivity contribution in [1.82, 2.24) is 4.90 Å². The molecule has 1 heterocycles. The number of nitrogens with zero attached hydrogens (tertiary/aromatic N) is 1. The van der Waals surface area contributed by atoms with Crippen LogP contribution in [0.2, 0.25) is 0 Å². The maximum atomic E-state index is 11.1. The molecule has 1 aliphatic heterocycles. The average Bonchev–Trinajstić information content (AvgIpc) is 3.30. The summed E-state index contributed by atoms with van der Waals surface area (Å²) in [5.41, 5.74) is 2.65. The van der Waals surface area contributed by atoms with E-state index in [2.05, 4.69) is 36.2 Å². The SMILES string of the molecule is CN1CCC(c2ccc(C(CC(=O)O)C3CC3)cc2)CC1. The summed E-state index contributed by atoms with van der Waals surface area (Å²) in [6.45, 7) is 2.35. The van der Waals surface area contributed by atoms with Crippen LogP contribution in [-0.2, 0) is 4.79 Å². The molecule has 0 spiro atoms. The van der Waals surface area contributed by atoms with Crippen LogP contribution >= 0.6 is 0 Å². The van der Waals surface area contributed by atoms with Gasteiger partial charge in [0.05, 0.1) is 6.42 Å². The Hall–Kier alpha value is -1.35. The molecule has 1 aromatic carbocycles. The second kappa shape index (κ2) is 6.18. The normalized spacial score (nSPS) is 22.1. The number of carboxylic acids is 1. The van der Waals surface area contributed by atoms with Gasteiger partial charge in [0.1, 0.15) is 0 Å². The van der Waals surface area contributed by atoms with Crippen LogP contribution in [-0.4, -0.2) is 36.1 Å². The minimum Gasteiger partial charge on any atom is -0.481 e. The van der Waals surface area contributed by atoms with Gasteiger partial charge in [-0.25, -0.2) is 0 Å². The number of carboxylic acid groups (broad SMARTS) is 1. The molecule has 3 nitrogen and oxygen atoms in total. The van der Waals surface area contributed by atoms with Crippen LogP contribution in [0.25, 0.3) is 0 Å². The Morgan fingerprint density at radius 3 is 2.33 bits per heavy atom. The molecule has 3 rings (SSSR count). The summed E-state index contributed by atoms with van der Waals surface area (Å²) >= 11 is 0. The molecule has 0 amide bonds. The number of carbonyl (C=O) groups is 1. The first-order valence-corrected chi connectivity index (χ1v) is 8.13. The lowest BCUT2D eigenvalue weighted by molar-refractivity contribution is -0.137. The highest BCUT2D eigenvalue weighted by molar-refractivity contribution is 5.68. The molecule has 1 aliphatic carbocycles. The molecule has 0 radical (unpaired) electrons. The van der Waals surface area contributed by atoms with Crippen LogP contribution in [0.1, 0.15) is 55.1 Å². The van der Waals surface area contributed by atoms with Gasteiger partial charge in [-0.05, 0) is 74.7 Å². The van der Waals surface area contributed by atoms with Gasteiger partial charge in [-0.2, -0.15) is 0 Å². The van der Waals surface area contributed by atoms with Crippen molar-refractivity contribution in [1.29, 1.82) is 0 Å². The molecule has 1 aromatic rings. The van der Waals surface area contributed by atoms with Gasteiger partial charge in [-0.15, -0.1) is 0 Å². The molecule has 1 N–H and O–H groups in total. The Bertz CT molecular complexity index is 484. The average molecular weight is 287 g/mol. The number of hydrogen-bond donors (Lipinski definition) is 1. The van der Waals surface area contributed by atoms with Crippen molar-refractivity contribution in [2.24, 2.45) is 5.92 Å². The first-order chi connectivity index (χ1) is 10.1. The second-order valence-electron chi connectivity index (χ2n) is 6.79. The zero-order chi connectivity index (χ0) is 14.8. The van der Waals surface area contributed by atoms with Crippen LogP contribution in [0.4, 0.5) is 0 Å². The molecule has 21 heavy (non-hydrogen) atoms. The van der Waals surface area contributed by atoms with E-state index in [1.54, 1.807) is 0 Å². The van der Waals surface area contributed by atoms with Gasteiger partial charge in [0, 0.05) is 0 Å². The van der Waals surface area contributed by atoms with Crippen LogP contribution in [0, 0.1) is 5.92 Å². The highest BCUT2D eigenvalue weighted by Gasteiger charge is 2.33. The van der Waals surface area contributed by atoms with Gasteiger partial charge in [-0.1, -0.05) is 24.3 Å². The van der Waals surface area contributed by atoms with Gasteiger partial charge in [0.15, 0.2) is 0 Å². The zero-order valence-corrected chi connectivity index (χ0v) is 12.8. The number of hydrogen-bond acceptors (Lipinski definition) is 2. The summed E-state index contributed by atoms with van der Waals surface area (Å²) in [6, 6.07) is 8.84. The number of rotatable bonds is 5. The first-order valence-electron chi connectivity index (χ1n) is 8.13. The lowest BCUT2D eigenvalue weighted by Crippen LogP contribution is -2.29. The zero-order valence-electron chi connectivity index (χ0n) is 12.8. The molecule has 0 aromatic heterocycles. The first kappa shape index (κ1) is 14.6. The number of benzene rings is 1. The molecule has 1 atom stereocenters. The van der Waals surface area contributed by atoms with E-state index >= 15 is 0 Å². The molecular weight excluding hydrogens is 262 g/mol. The van der Waals surface area contributed by atoms with Crippen molar-refractivity contribution >= 4 is 5.97 Å². The third kappa shape index (κ3) is 3.65. The van der Waals surface area contributed by atoms with E-state index in [-0.39, 0.29) is 12.3 Å². The summed E-state index contributed by atoms with van der Waals surface area (Å²) < 4.78 is 0. The molecule has 114 valence electrons. The van der Waals surface area contributed by atoms with Gasteiger partial charge < -0.3 is 10.0 Å². The maximum Gasteiger partial charge on any atom is 0.303 e. The van der Waals surface area contributed by atoms with Crippen molar-refractivity contribution in [2.75, 3.05) is 20.1 Å². The fraction of sp³-hybridized carbons (Fsp3) is 0.611. The molecule has 3 heteroatoms.